The number of carbonyl (C=O) groups is 2. The lowest BCUT2D eigenvalue weighted by Crippen LogP contribution is -2.33. The van der Waals surface area contributed by atoms with Gasteiger partial charge in [-0.3, -0.25) is 9.80 Å². The van der Waals surface area contributed by atoms with E-state index in [0.29, 0.717) is 5.69 Å². The molecule has 37 heavy (non-hydrogen) atoms. The zero-order valence-corrected chi connectivity index (χ0v) is 20.9. The Kier molecular flexibility index (Phi) is 6.04. The maximum absolute atomic E-state index is 13.1. The predicted molar refractivity (Wildman–Crippen MR) is 140 cm³/mol. The minimum absolute atomic E-state index is 0.0562. The van der Waals surface area contributed by atoms with Crippen molar-refractivity contribution in [3.63, 3.8) is 0 Å². The van der Waals surface area contributed by atoms with Crippen LogP contribution in [0.25, 0.3) is 16.8 Å². The number of carboxylic acid groups (broad SMARTS) is 1. The van der Waals surface area contributed by atoms with Crippen LogP contribution in [0.4, 0.5) is 0 Å². The lowest BCUT2D eigenvalue weighted by atomic mass is 9.83. The van der Waals surface area contributed by atoms with E-state index in [1.54, 1.807) is 4.68 Å². The van der Waals surface area contributed by atoms with E-state index < -0.39 is 5.97 Å². The molecule has 2 unspecified atom stereocenters. The first-order valence-electron chi connectivity index (χ1n) is 13.0. The van der Waals surface area contributed by atoms with Crippen molar-refractivity contribution >= 4 is 11.8 Å². The highest BCUT2D eigenvalue weighted by atomic mass is 16.4. The van der Waals surface area contributed by atoms with Gasteiger partial charge in [-0.15, -0.1) is 5.53 Å². The summed E-state index contributed by atoms with van der Waals surface area (Å²) in [6, 6.07) is 15.8. The number of rotatable bonds is 7. The largest absolute Gasteiger partial charge is 0.478 e. The highest BCUT2D eigenvalue weighted by molar-refractivity contribution is 5.99. The second-order valence-electron chi connectivity index (χ2n) is 10.4. The van der Waals surface area contributed by atoms with Crippen LogP contribution in [0.1, 0.15) is 70.9 Å². The number of allylic oxidation sites excluding steroid dienone is 1. The molecule has 1 aliphatic heterocycles. The second-order valence-corrected chi connectivity index (χ2v) is 10.4. The number of ketones is 1. The first-order valence-corrected chi connectivity index (χ1v) is 13.0. The number of benzene rings is 2. The quantitative estimate of drug-likeness (QED) is 0.399. The number of Topliss-reactive ketones (excluding diaryl/α,β-unsaturated/α-hetero) is 1. The highest BCUT2D eigenvalue weighted by Crippen LogP contribution is 2.52. The standard InChI is InChI=1S/C29H31N5O3/c1-33-17-26(31-32-33)23-15-24(23)27-25(29(36)37)16-30-34(27)22-12-6-10-20(14-22)19-9-5-11-21(13-19)28(35)18-7-3-2-4-8-18/h5-6,9-14,16-18,23-24,31-32H,2-4,7-8,15H2,1H3,(H,36,37). The number of carbonyl (C=O) groups excluding carboxylic acids is 1. The van der Waals surface area contributed by atoms with E-state index in [1.165, 1.54) is 12.6 Å². The normalized spacial score (nSPS) is 21.4. The molecule has 2 aliphatic carbocycles. The third kappa shape index (κ3) is 4.53. The highest BCUT2D eigenvalue weighted by Gasteiger charge is 2.46. The Morgan fingerprint density at radius 1 is 1.00 bits per heavy atom. The van der Waals surface area contributed by atoms with Gasteiger partial charge >= 0.3 is 5.97 Å². The first-order chi connectivity index (χ1) is 18.0. The molecule has 0 amide bonds. The van der Waals surface area contributed by atoms with Crippen LogP contribution in [0, 0.1) is 11.8 Å². The number of nitrogens with one attached hydrogen (secondary N) is 2. The lowest BCUT2D eigenvalue weighted by Gasteiger charge is -2.20. The number of hydrazine groups is 2. The fourth-order valence-electron chi connectivity index (χ4n) is 5.81. The van der Waals surface area contributed by atoms with Crippen molar-refractivity contribution in [3.05, 3.63) is 83.4 Å². The predicted octanol–water partition coefficient (Wildman–Crippen LogP) is 4.90. The third-order valence-corrected chi connectivity index (χ3v) is 7.83. The van der Waals surface area contributed by atoms with Crippen LogP contribution in [0.3, 0.4) is 0 Å². The Morgan fingerprint density at radius 2 is 1.76 bits per heavy atom. The van der Waals surface area contributed by atoms with E-state index in [-0.39, 0.29) is 29.1 Å². The molecule has 1 aromatic heterocycles. The third-order valence-electron chi connectivity index (χ3n) is 7.83. The maximum atomic E-state index is 13.1. The molecule has 2 saturated carbocycles. The van der Waals surface area contributed by atoms with Gasteiger partial charge in [0.25, 0.3) is 0 Å². The van der Waals surface area contributed by atoms with Crippen LogP contribution in [-0.2, 0) is 0 Å². The Labute approximate surface area is 215 Å². The van der Waals surface area contributed by atoms with E-state index in [2.05, 4.69) is 16.1 Å². The Balaban J connectivity index is 1.31. The molecule has 0 bridgehead atoms. The Morgan fingerprint density at radius 3 is 2.49 bits per heavy atom. The number of nitrogens with zero attached hydrogens (tertiary/aromatic N) is 3. The number of aromatic nitrogens is 2. The van der Waals surface area contributed by atoms with Crippen molar-refractivity contribution in [2.75, 3.05) is 7.05 Å². The van der Waals surface area contributed by atoms with Crippen LogP contribution in [0.2, 0.25) is 0 Å². The molecule has 3 aliphatic rings. The lowest BCUT2D eigenvalue weighted by molar-refractivity contribution is 0.0695. The summed E-state index contributed by atoms with van der Waals surface area (Å²) in [6.45, 7) is 0. The first kappa shape index (κ1) is 23.5. The summed E-state index contributed by atoms with van der Waals surface area (Å²) < 4.78 is 1.77. The summed E-state index contributed by atoms with van der Waals surface area (Å²) >= 11 is 0. The zero-order valence-electron chi connectivity index (χ0n) is 20.9. The molecule has 3 aromatic rings. The minimum Gasteiger partial charge on any atom is -0.478 e. The number of hydrogen-bond acceptors (Lipinski definition) is 6. The van der Waals surface area contributed by atoms with E-state index in [0.717, 1.165) is 60.2 Å². The monoisotopic (exact) mass is 497 g/mol. The zero-order chi connectivity index (χ0) is 25.5. The van der Waals surface area contributed by atoms with Crippen molar-refractivity contribution in [2.45, 2.75) is 44.4 Å². The average Bonchev–Trinajstić information content (AvgIpc) is 3.37. The second kappa shape index (κ2) is 9.52. The van der Waals surface area contributed by atoms with Crippen LogP contribution < -0.4 is 11.0 Å². The van der Waals surface area contributed by atoms with E-state index in [1.807, 2.05) is 66.8 Å². The molecule has 6 rings (SSSR count). The maximum Gasteiger partial charge on any atom is 0.339 e. The van der Waals surface area contributed by atoms with Gasteiger partial charge in [-0.25, -0.2) is 9.48 Å². The summed E-state index contributed by atoms with van der Waals surface area (Å²) in [5.41, 5.74) is 11.7. The van der Waals surface area contributed by atoms with Crippen molar-refractivity contribution in [1.82, 2.24) is 25.7 Å². The molecule has 3 N–H and O–H groups in total. The van der Waals surface area contributed by atoms with Gasteiger partial charge < -0.3 is 10.5 Å². The Bertz CT molecular complexity index is 1390. The van der Waals surface area contributed by atoms with Gasteiger partial charge in [0, 0.05) is 42.3 Å². The van der Waals surface area contributed by atoms with Crippen LogP contribution >= 0.6 is 0 Å². The number of hydrogen-bond donors (Lipinski definition) is 3. The van der Waals surface area contributed by atoms with Crippen LogP contribution in [-0.4, -0.2) is 38.7 Å². The molecule has 0 radical (unpaired) electrons. The van der Waals surface area contributed by atoms with Crippen molar-refractivity contribution in [1.29, 1.82) is 0 Å². The molecule has 2 heterocycles. The molecule has 190 valence electrons. The van der Waals surface area contributed by atoms with Crippen LogP contribution in [0.5, 0.6) is 0 Å². The SMILES string of the molecule is CN1C=C(C2CC2c2c(C(=O)O)cnn2-c2cccc(-c3cccc(C(=O)C4CCCCC4)c3)c2)NN1. The van der Waals surface area contributed by atoms with Crippen molar-refractivity contribution in [3.8, 4) is 16.8 Å². The molecule has 8 nitrogen and oxygen atoms in total. The molecular formula is C29H31N5O3. The fraction of sp³-hybridized carbons (Fsp3) is 0.345. The van der Waals surface area contributed by atoms with E-state index in [4.69, 9.17) is 0 Å². The average molecular weight is 498 g/mol. The Hall–Kier alpha value is -3.91. The molecule has 8 heteroatoms. The molecule has 2 atom stereocenters. The van der Waals surface area contributed by atoms with E-state index >= 15 is 0 Å². The fourth-order valence-corrected chi connectivity index (χ4v) is 5.81. The topological polar surface area (TPSA) is 99.5 Å². The van der Waals surface area contributed by atoms with Gasteiger partial charge in [-0.1, -0.05) is 49.6 Å². The van der Waals surface area contributed by atoms with Crippen molar-refractivity contribution < 1.29 is 14.7 Å². The summed E-state index contributed by atoms with van der Waals surface area (Å²) in [6.07, 6.45) is 9.74. The summed E-state index contributed by atoms with van der Waals surface area (Å²) in [4.78, 5) is 25.2. The minimum atomic E-state index is -0.972. The number of carboxylic acids is 1. The van der Waals surface area contributed by atoms with Gasteiger partial charge in [0.2, 0.25) is 0 Å². The smallest absolute Gasteiger partial charge is 0.339 e. The van der Waals surface area contributed by atoms with Gasteiger partial charge in [0.15, 0.2) is 5.78 Å². The van der Waals surface area contributed by atoms with Gasteiger partial charge in [-0.2, -0.15) is 5.10 Å². The summed E-state index contributed by atoms with van der Waals surface area (Å²) in [7, 11) is 1.91. The summed E-state index contributed by atoms with van der Waals surface area (Å²) in [5, 5.41) is 16.2. The van der Waals surface area contributed by atoms with E-state index in [9.17, 15) is 14.7 Å². The molecule has 0 spiro atoms. The van der Waals surface area contributed by atoms with Gasteiger partial charge in [0.1, 0.15) is 5.56 Å². The van der Waals surface area contributed by atoms with Crippen molar-refractivity contribution in [2.24, 2.45) is 11.8 Å². The molecular weight excluding hydrogens is 466 g/mol. The molecule has 0 saturated heterocycles. The molecule has 2 aromatic carbocycles. The van der Waals surface area contributed by atoms with Crippen LogP contribution in [0.15, 0.2) is 66.6 Å². The molecule has 2 fully saturated rings. The van der Waals surface area contributed by atoms with Gasteiger partial charge in [0.05, 0.1) is 17.6 Å². The summed E-state index contributed by atoms with van der Waals surface area (Å²) in [5.74, 6) is -0.340. The van der Waals surface area contributed by atoms with Gasteiger partial charge in [-0.05, 0) is 48.6 Å². The number of aromatic carboxylic acids is 1.